The van der Waals surface area contributed by atoms with Crippen molar-refractivity contribution in [2.45, 2.75) is 0 Å². The second kappa shape index (κ2) is 1200. The smallest absolute Gasteiger partial charge is 0.0814 e. The van der Waals surface area contributed by atoms with Crippen molar-refractivity contribution in [2.24, 2.45) is 0 Å². The van der Waals surface area contributed by atoms with Gasteiger partial charge in [-0.05, 0) is 0 Å². The largest absolute Gasteiger partial charge is 0.344 e. The van der Waals surface area contributed by atoms with Gasteiger partial charge in [0.25, 0.3) is 0 Å². The third kappa shape index (κ3) is 570. The highest BCUT2D eigenvalue weighted by molar-refractivity contribution is 5.76. The van der Waals surface area contributed by atoms with Gasteiger partial charge in [0.2, 0.25) is 0 Å². The molecular weight excluding hydrogens is 68.1 g/mol. The first-order valence-corrected chi connectivity index (χ1v) is 0. The van der Waals surface area contributed by atoms with Crippen molar-refractivity contribution in [3.8, 4) is 0 Å². The van der Waals surface area contributed by atoms with E-state index in [1.165, 1.54) is 0 Å². The lowest BCUT2D eigenvalue weighted by Gasteiger charge is -0.344. The first-order chi connectivity index (χ1) is 0. The monoisotopic (exact) mass is 87.2 g/mol. The SMILES string of the molecule is B.B.B.B.B.N. The van der Waals surface area contributed by atoms with Gasteiger partial charge in [-0.2, -0.15) is 0 Å². The molecule has 0 aromatic carbocycles. The summed E-state index contributed by atoms with van der Waals surface area (Å²) in [5.41, 5.74) is 0. The molecule has 0 aromatic heterocycles. The topological polar surface area (TPSA) is 35.0 Å². The highest BCUT2D eigenvalue weighted by Crippen LogP contribution is -0.377. The number of rotatable bonds is 0. The highest BCUT2D eigenvalue weighted by atomic mass is 14.0. The van der Waals surface area contributed by atoms with Crippen LogP contribution in [-0.2, 0) is 0 Å². The molecule has 0 spiro atoms. The van der Waals surface area contributed by atoms with Gasteiger partial charge < -0.3 is 6.15 Å². The average molecular weight is 86.2 g/mol. The van der Waals surface area contributed by atoms with Crippen LogP contribution >= 0.6 is 0 Å². The molecule has 0 heterocycles. The third-order valence-electron chi connectivity index (χ3n) is 0. The van der Waals surface area contributed by atoms with Gasteiger partial charge in [0.15, 0.2) is 0 Å². The molecule has 0 aromatic rings. The molecule has 1 nitrogen and oxygen atoms in total. The van der Waals surface area contributed by atoms with Crippen molar-refractivity contribution in [1.82, 2.24) is 6.15 Å². The Morgan fingerprint density at radius 2 is 0.333 bits per heavy atom. The van der Waals surface area contributed by atoms with Crippen LogP contribution in [0.25, 0.3) is 0 Å². The van der Waals surface area contributed by atoms with E-state index in [1.54, 1.807) is 0 Å². The van der Waals surface area contributed by atoms with E-state index in [2.05, 4.69) is 0 Å². The van der Waals surface area contributed by atoms with Crippen LogP contribution in [0.1, 0.15) is 0 Å². The number of hydrogen-bond acceptors (Lipinski definition) is 1. The summed E-state index contributed by atoms with van der Waals surface area (Å²) in [5, 5.41) is 0. The lowest BCUT2D eigenvalue weighted by Crippen LogP contribution is -0.481. The predicted octanol–water partition coefficient (Wildman–Crippen LogP) is -5.76. The Balaban J connectivity index is 0. The summed E-state index contributed by atoms with van der Waals surface area (Å²) in [4.78, 5) is 0. The fourth-order valence-corrected chi connectivity index (χ4v) is 0. The molecule has 0 radical (unpaired) electrons. The maximum Gasteiger partial charge on any atom is 0.0814 e. The standard InChI is InChI=1S/5BH3.H3N/h6*1H3. The van der Waals surface area contributed by atoms with Crippen LogP contribution < -0.4 is 6.15 Å². The molecule has 0 unspecified atom stereocenters. The zero-order valence-corrected chi connectivity index (χ0v) is 0.707. The van der Waals surface area contributed by atoms with Crippen LogP contribution in [0.5, 0.6) is 0 Å². The lowest BCUT2D eigenvalue weighted by molar-refractivity contribution is 2.13. The Hall–Kier alpha value is 0.285. The van der Waals surface area contributed by atoms with E-state index in [1.807, 2.05) is 0 Å². The fraction of sp³-hybridized carbons (Fsp3) is 0. The summed E-state index contributed by atoms with van der Waals surface area (Å²) < 4.78 is 0. The minimum Gasteiger partial charge on any atom is -0.344 e. The summed E-state index contributed by atoms with van der Waals surface area (Å²) in [6.45, 7) is 0. The molecule has 38 valence electrons. The van der Waals surface area contributed by atoms with Crippen molar-refractivity contribution in [3.63, 3.8) is 0 Å². The van der Waals surface area contributed by atoms with E-state index in [9.17, 15) is 0 Å². The van der Waals surface area contributed by atoms with Gasteiger partial charge in [-0.1, -0.05) is 0 Å². The fourth-order valence-electron chi connectivity index (χ4n) is 0. The van der Waals surface area contributed by atoms with Gasteiger partial charge in [0.05, 0.1) is 42.1 Å². The molecule has 0 saturated heterocycles. The zero-order chi connectivity index (χ0) is 0. The second-order valence-electron chi connectivity index (χ2n) is 0. The van der Waals surface area contributed by atoms with Gasteiger partial charge in [-0.15, -0.1) is 0 Å². The molecule has 0 bridgehead atoms. The summed E-state index contributed by atoms with van der Waals surface area (Å²) in [6, 6.07) is 0. The molecule has 3 N–H and O–H groups in total. The van der Waals surface area contributed by atoms with E-state index < -0.39 is 0 Å². The van der Waals surface area contributed by atoms with Crippen molar-refractivity contribution in [3.05, 3.63) is 0 Å². The van der Waals surface area contributed by atoms with Crippen molar-refractivity contribution >= 4 is 42.1 Å². The molecule has 0 fully saturated rings. The van der Waals surface area contributed by atoms with Gasteiger partial charge >= 0.3 is 0 Å². The molecule has 0 aliphatic heterocycles. The molecule has 0 saturated carbocycles. The second-order valence-corrected chi connectivity index (χ2v) is 0. The van der Waals surface area contributed by atoms with Crippen LogP contribution in [0.4, 0.5) is 0 Å². The van der Waals surface area contributed by atoms with E-state index in [-0.39, 0.29) is 48.2 Å². The van der Waals surface area contributed by atoms with Gasteiger partial charge in [0, 0.05) is 0 Å². The van der Waals surface area contributed by atoms with Gasteiger partial charge in [-0.25, -0.2) is 0 Å². The van der Waals surface area contributed by atoms with Crippen molar-refractivity contribution in [2.75, 3.05) is 0 Å². The van der Waals surface area contributed by atoms with Gasteiger partial charge in [0.1, 0.15) is 0 Å². The Morgan fingerprint density at radius 1 is 0.333 bits per heavy atom. The molecule has 0 aliphatic rings. The van der Waals surface area contributed by atoms with Crippen LogP contribution in [-0.4, -0.2) is 42.1 Å². The molecular formula is H18B5N. The van der Waals surface area contributed by atoms with Crippen LogP contribution in [0.3, 0.4) is 0 Å². The normalized spacial score (nSPS) is 0. The van der Waals surface area contributed by atoms with Crippen molar-refractivity contribution in [1.29, 1.82) is 0 Å². The Bertz CT molecular complexity index is 3.90. The molecule has 6 heavy (non-hydrogen) atoms. The zero-order valence-electron chi connectivity index (χ0n) is 0.707. The van der Waals surface area contributed by atoms with E-state index in [0.717, 1.165) is 0 Å². The van der Waals surface area contributed by atoms with E-state index in [0.29, 0.717) is 0 Å². The highest BCUT2D eigenvalue weighted by Gasteiger charge is 0.0854. The first-order valence-electron chi connectivity index (χ1n) is 0. The molecule has 0 amide bonds. The Labute approximate surface area is 49.1 Å². The maximum atomic E-state index is 0. The summed E-state index contributed by atoms with van der Waals surface area (Å²) >= 11 is 0. The minimum atomic E-state index is 0. The first kappa shape index (κ1) is 2170. The van der Waals surface area contributed by atoms with Gasteiger partial charge in [-0.3, -0.25) is 0 Å². The predicted molar refractivity (Wildman–Crippen MR) is 54.7 cm³/mol. The lowest BCUT2D eigenvalue weighted by atomic mass is 10.8. The van der Waals surface area contributed by atoms with E-state index in [4.69, 9.17) is 0 Å². The summed E-state index contributed by atoms with van der Waals surface area (Å²) in [6.07, 6.45) is 0. The maximum absolute atomic E-state index is 0. The third-order valence-corrected chi connectivity index (χ3v) is 0. The summed E-state index contributed by atoms with van der Waals surface area (Å²) in [5.74, 6) is 0. The van der Waals surface area contributed by atoms with E-state index >= 15 is 0 Å². The molecule has 0 aliphatic carbocycles. The Kier molecular flexibility index (Phi) is 432000. The Morgan fingerprint density at radius 3 is 0.333 bits per heavy atom. The number of hydrogen-bond donors (Lipinski definition) is 1. The summed E-state index contributed by atoms with van der Waals surface area (Å²) in [7, 11) is 0. The van der Waals surface area contributed by atoms with Crippen molar-refractivity contribution < 1.29 is 0 Å². The van der Waals surface area contributed by atoms with Crippen LogP contribution in [0.15, 0.2) is 0 Å². The average Bonchev–Trinajstić information content (AvgIpc) is 0. The molecule has 0 atom stereocenters. The molecule has 0 rings (SSSR count). The molecule has 6 heteroatoms. The van der Waals surface area contributed by atoms with Crippen LogP contribution in [0.2, 0.25) is 0 Å². The minimum absolute atomic E-state index is 0. The van der Waals surface area contributed by atoms with Crippen LogP contribution in [0, 0.1) is 0 Å². The quantitative estimate of drug-likeness (QED) is 0.293.